The number of rotatable bonds is 6. The van der Waals surface area contributed by atoms with Crippen molar-refractivity contribution in [2.45, 2.75) is 26.5 Å². The fourth-order valence-electron chi connectivity index (χ4n) is 2.03. The molecule has 0 saturated carbocycles. The first kappa shape index (κ1) is 20.9. The Morgan fingerprint density at radius 2 is 1.96 bits per heavy atom. The first-order valence-electron chi connectivity index (χ1n) is 8.16. The van der Waals surface area contributed by atoms with E-state index in [-0.39, 0.29) is 6.04 Å². The Kier molecular flexibility index (Phi) is 7.82. The normalized spacial score (nSPS) is 10.9. The second kappa shape index (κ2) is 10.1. The Morgan fingerprint density at radius 3 is 2.63 bits per heavy atom. The number of amides is 2. The van der Waals surface area contributed by atoms with Gasteiger partial charge in [0.15, 0.2) is 0 Å². The summed E-state index contributed by atoms with van der Waals surface area (Å²) in [6.07, 6.45) is 1.43. The van der Waals surface area contributed by atoms with Gasteiger partial charge in [0.05, 0.1) is 10.7 Å². The Labute approximate surface area is 171 Å². The highest BCUT2D eigenvalue weighted by molar-refractivity contribution is 9.10. The Balaban J connectivity index is 1.93. The average Bonchev–Trinajstić information content (AvgIpc) is 2.61. The molecule has 0 aromatic heterocycles. The third kappa shape index (κ3) is 6.69. The van der Waals surface area contributed by atoms with Crippen LogP contribution < -0.4 is 15.5 Å². The molecule has 0 aliphatic heterocycles. The summed E-state index contributed by atoms with van der Waals surface area (Å²) in [5.41, 5.74) is 3.79. The molecule has 142 valence electrons. The van der Waals surface area contributed by atoms with Crippen LogP contribution in [0, 0.1) is 0 Å². The van der Waals surface area contributed by atoms with Crippen molar-refractivity contribution < 1.29 is 14.3 Å². The molecule has 8 heteroatoms. The van der Waals surface area contributed by atoms with Gasteiger partial charge in [-0.15, -0.1) is 0 Å². The summed E-state index contributed by atoms with van der Waals surface area (Å²) < 4.78 is 6.50. The molecular weight excluding hydrogens is 434 g/mol. The highest BCUT2D eigenvalue weighted by Crippen LogP contribution is 2.27. The van der Waals surface area contributed by atoms with Crippen LogP contribution in [0.15, 0.2) is 52.0 Å². The van der Waals surface area contributed by atoms with Crippen molar-refractivity contribution in [1.82, 2.24) is 10.7 Å². The minimum Gasteiger partial charge on any atom is -0.488 e. The van der Waals surface area contributed by atoms with Gasteiger partial charge in [-0.25, -0.2) is 5.43 Å². The zero-order valence-electron chi connectivity index (χ0n) is 14.8. The molecular formula is C19H19BrClN3O3. The SMILES string of the molecule is CC(C)NC(=O)C(=O)N/N=C\c1ccc(OCc2ccccc2Cl)c(Br)c1. The van der Waals surface area contributed by atoms with Crippen LogP contribution in [0.1, 0.15) is 25.0 Å². The summed E-state index contributed by atoms with van der Waals surface area (Å²) in [7, 11) is 0. The molecule has 0 heterocycles. The molecule has 0 spiro atoms. The largest absolute Gasteiger partial charge is 0.488 e. The molecule has 27 heavy (non-hydrogen) atoms. The standard InChI is InChI=1S/C19H19BrClN3O3/c1-12(2)23-18(25)19(26)24-22-10-13-7-8-17(15(20)9-13)27-11-14-5-3-4-6-16(14)21/h3-10,12H,11H2,1-2H3,(H,23,25)(H,24,26)/b22-10-. The van der Waals surface area contributed by atoms with E-state index in [4.69, 9.17) is 16.3 Å². The highest BCUT2D eigenvalue weighted by Gasteiger charge is 2.13. The lowest BCUT2D eigenvalue weighted by molar-refractivity contribution is -0.139. The molecule has 0 aliphatic carbocycles. The minimum absolute atomic E-state index is 0.124. The van der Waals surface area contributed by atoms with Crippen LogP contribution in [-0.2, 0) is 16.2 Å². The summed E-state index contributed by atoms with van der Waals surface area (Å²) in [5, 5.41) is 6.91. The van der Waals surface area contributed by atoms with Crippen molar-refractivity contribution in [3.63, 3.8) is 0 Å². The molecule has 0 bridgehead atoms. The van der Waals surface area contributed by atoms with Crippen molar-refractivity contribution in [3.05, 3.63) is 63.1 Å². The predicted molar refractivity (Wildman–Crippen MR) is 109 cm³/mol. The van der Waals surface area contributed by atoms with Crippen LogP contribution in [0.25, 0.3) is 0 Å². The van der Waals surface area contributed by atoms with Crippen LogP contribution in [0.5, 0.6) is 5.75 Å². The third-order valence-electron chi connectivity index (χ3n) is 3.30. The number of hydrogen-bond acceptors (Lipinski definition) is 4. The third-order valence-corrected chi connectivity index (χ3v) is 4.29. The number of carbonyl (C=O) groups is 2. The number of ether oxygens (including phenoxy) is 1. The Hall–Kier alpha value is -2.38. The first-order valence-corrected chi connectivity index (χ1v) is 9.33. The van der Waals surface area contributed by atoms with Crippen LogP contribution in [-0.4, -0.2) is 24.1 Å². The van der Waals surface area contributed by atoms with Gasteiger partial charge in [-0.05, 0) is 59.6 Å². The monoisotopic (exact) mass is 451 g/mol. The second-order valence-corrected chi connectivity index (χ2v) is 7.16. The fraction of sp³-hybridized carbons (Fsp3) is 0.211. The van der Waals surface area contributed by atoms with E-state index < -0.39 is 11.8 Å². The average molecular weight is 453 g/mol. The van der Waals surface area contributed by atoms with Crippen molar-refractivity contribution in [1.29, 1.82) is 0 Å². The smallest absolute Gasteiger partial charge is 0.329 e. The Bertz CT molecular complexity index is 856. The number of carbonyl (C=O) groups excluding carboxylic acids is 2. The number of halogens is 2. The van der Waals surface area contributed by atoms with Gasteiger partial charge in [-0.2, -0.15) is 5.10 Å². The maximum atomic E-state index is 11.6. The minimum atomic E-state index is -0.821. The number of benzene rings is 2. The molecule has 2 amide bonds. The van der Waals surface area contributed by atoms with Gasteiger partial charge < -0.3 is 10.1 Å². The van der Waals surface area contributed by atoms with E-state index in [2.05, 4.69) is 31.8 Å². The molecule has 0 atom stereocenters. The van der Waals surface area contributed by atoms with Crippen LogP contribution in [0.3, 0.4) is 0 Å². The molecule has 2 aromatic carbocycles. The molecule has 0 radical (unpaired) electrons. The van der Waals surface area contributed by atoms with Crippen molar-refractivity contribution in [2.75, 3.05) is 0 Å². The van der Waals surface area contributed by atoms with Crippen LogP contribution in [0.4, 0.5) is 0 Å². The lowest BCUT2D eigenvalue weighted by Gasteiger charge is -2.10. The number of hydrogen-bond donors (Lipinski definition) is 2. The number of nitrogens with one attached hydrogen (secondary N) is 2. The molecule has 2 N–H and O–H groups in total. The number of nitrogens with zero attached hydrogens (tertiary/aromatic N) is 1. The summed E-state index contributed by atoms with van der Waals surface area (Å²) in [5.74, 6) is -0.905. The number of hydrazone groups is 1. The van der Waals surface area contributed by atoms with Crippen molar-refractivity contribution >= 4 is 45.6 Å². The van der Waals surface area contributed by atoms with Gasteiger partial charge >= 0.3 is 11.8 Å². The summed E-state index contributed by atoms with van der Waals surface area (Å²) in [6, 6.07) is 12.7. The van der Waals surface area contributed by atoms with E-state index in [9.17, 15) is 9.59 Å². The molecule has 2 rings (SSSR count). The maximum absolute atomic E-state index is 11.6. The van der Waals surface area contributed by atoms with Crippen LogP contribution >= 0.6 is 27.5 Å². The Morgan fingerprint density at radius 1 is 1.22 bits per heavy atom. The van der Waals surface area contributed by atoms with E-state index in [1.54, 1.807) is 32.0 Å². The first-order chi connectivity index (χ1) is 12.9. The van der Waals surface area contributed by atoms with Gasteiger partial charge in [0.1, 0.15) is 12.4 Å². The molecule has 0 saturated heterocycles. The lowest BCUT2D eigenvalue weighted by atomic mass is 10.2. The summed E-state index contributed by atoms with van der Waals surface area (Å²) in [4.78, 5) is 23.0. The lowest BCUT2D eigenvalue weighted by Crippen LogP contribution is -2.41. The van der Waals surface area contributed by atoms with Gasteiger partial charge in [0.25, 0.3) is 0 Å². The topological polar surface area (TPSA) is 79.8 Å². The van der Waals surface area contributed by atoms with Crippen molar-refractivity contribution in [2.24, 2.45) is 5.10 Å². The molecule has 0 aliphatic rings. The molecule has 0 fully saturated rings. The highest BCUT2D eigenvalue weighted by atomic mass is 79.9. The zero-order chi connectivity index (χ0) is 19.8. The summed E-state index contributed by atoms with van der Waals surface area (Å²) >= 11 is 9.56. The van der Waals surface area contributed by atoms with E-state index in [0.29, 0.717) is 17.4 Å². The maximum Gasteiger partial charge on any atom is 0.329 e. The van der Waals surface area contributed by atoms with Gasteiger partial charge in [0.2, 0.25) is 0 Å². The fourth-order valence-corrected chi connectivity index (χ4v) is 2.73. The van der Waals surface area contributed by atoms with E-state index in [0.717, 1.165) is 15.6 Å². The summed E-state index contributed by atoms with van der Waals surface area (Å²) in [6.45, 7) is 3.87. The zero-order valence-corrected chi connectivity index (χ0v) is 17.2. The van der Waals surface area contributed by atoms with Crippen LogP contribution in [0.2, 0.25) is 5.02 Å². The molecule has 0 unspecified atom stereocenters. The van der Waals surface area contributed by atoms with Gasteiger partial charge in [-0.3, -0.25) is 9.59 Å². The quantitative estimate of drug-likeness (QED) is 0.399. The molecule has 2 aromatic rings. The van der Waals surface area contributed by atoms with E-state index >= 15 is 0 Å². The molecule has 6 nitrogen and oxygen atoms in total. The second-order valence-electron chi connectivity index (χ2n) is 5.90. The van der Waals surface area contributed by atoms with Gasteiger partial charge in [0, 0.05) is 16.6 Å². The van der Waals surface area contributed by atoms with E-state index in [1.165, 1.54) is 6.21 Å². The predicted octanol–water partition coefficient (Wildman–Crippen LogP) is 3.66. The van der Waals surface area contributed by atoms with Gasteiger partial charge in [-0.1, -0.05) is 29.8 Å². The van der Waals surface area contributed by atoms with E-state index in [1.807, 2.05) is 24.3 Å². The van der Waals surface area contributed by atoms with Crippen molar-refractivity contribution in [3.8, 4) is 5.75 Å².